The van der Waals surface area contributed by atoms with Gasteiger partial charge in [0.25, 0.3) is 0 Å². The molecule has 6 heteroatoms. The third kappa shape index (κ3) is 2.35. The number of rotatable bonds is 1. The Hall–Kier alpha value is -0.763. The second-order valence-electron chi connectivity index (χ2n) is 4.19. The molecule has 0 radical (unpaired) electrons. The molecule has 0 fully saturated rings. The summed E-state index contributed by atoms with van der Waals surface area (Å²) in [6.07, 6.45) is 0.433. The summed E-state index contributed by atoms with van der Waals surface area (Å²) in [7, 11) is -4.56. The Kier molecular flexibility index (Phi) is 3.83. The fraction of sp³-hybridized carbons (Fsp3) is 0.0769. The van der Waals surface area contributed by atoms with Crippen LogP contribution in [0.25, 0.3) is 11.1 Å². The quantitative estimate of drug-likeness (QED) is 0.461. The van der Waals surface area contributed by atoms with Crippen LogP contribution >= 0.6 is 11.6 Å². The minimum absolute atomic E-state index is 0. The third-order valence-electron chi connectivity index (χ3n) is 3.14. The van der Waals surface area contributed by atoms with Crippen molar-refractivity contribution in [3.63, 3.8) is 0 Å². The molecule has 92 valence electrons. The van der Waals surface area contributed by atoms with Gasteiger partial charge < -0.3 is 4.55 Å². The van der Waals surface area contributed by atoms with Crippen LogP contribution in [0.4, 0.5) is 0 Å². The van der Waals surface area contributed by atoms with E-state index in [2.05, 4.69) is 0 Å². The van der Waals surface area contributed by atoms with Gasteiger partial charge in [0.2, 0.25) is 0 Å². The Morgan fingerprint density at radius 3 is 2.42 bits per heavy atom. The van der Waals surface area contributed by atoms with E-state index >= 15 is 0 Å². The molecule has 2 aromatic rings. The smallest absolute Gasteiger partial charge is 0.744 e. The Morgan fingerprint density at radius 1 is 1.05 bits per heavy atom. The van der Waals surface area contributed by atoms with E-state index in [1.54, 1.807) is 6.07 Å². The number of benzene rings is 2. The first-order valence-electron chi connectivity index (χ1n) is 5.34. The summed E-state index contributed by atoms with van der Waals surface area (Å²) in [6.45, 7) is 0. The van der Waals surface area contributed by atoms with Crippen LogP contribution in [0.1, 0.15) is 11.1 Å². The van der Waals surface area contributed by atoms with Gasteiger partial charge in [-0.1, -0.05) is 41.9 Å². The van der Waals surface area contributed by atoms with Gasteiger partial charge >= 0.3 is 18.9 Å². The Labute approximate surface area is 128 Å². The average molecular weight is 287 g/mol. The van der Waals surface area contributed by atoms with Gasteiger partial charge in [-0.25, -0.2) is 8.42 Å². The van der Waals surface area contributed by atoms with Gasteiger partial charge in [0, 0.05) is 0 Å². The van der Waals surface area contributed by atoms with Crippen molar-refractivity contribution in [2.75, 3.05) is 0 Å². The molecule has 3 rings (SSSR count). The zero-order valence-electron chi connectivity index (χ0n) is 10.2. The van der Waals surface area contributed by atoms with Crippen molar-refractivity contribution >= 4 is 21.7 Å². The molecule has 0 bridgehead atoms. The van der Waals surface area contributed by atoms with E-state index < -0.39 is 10.1 Å². The molecule has 0 saturated heterocycles. The predicted molar refractivity (Wildman–Crippen MR) is 67.7 cm³/mol. The SMILES string of the molecule is O=S(=O)([O-])c1c(Cl)ccc2c1Cc1ccccc1-2.[Li+]. The van der Waals surface area contributed by atoms with Crippen LogP contribution in [-0.4, -0.2) is 13.0 Å². The summed E-state index contributed by atoms with van der Waals surface area (Å²) < 4.78 is 34.0. The van der Waals surface area contributed by atoms with Crippen LogP contribution in [-0.2, 0) is 16.5 Å². The van der Waals surface area contributed by atoms with E-state index in [1.807, 2.05) is 24.3 Å². The maximum absolute atomic E-state index is 11.3. The number of fused-ring (bicyclic) bond motifs is 3. The van der Waals surface area contributed by atoms with E-state index in [-0.39, 0.29) is 28.8 Å². The molecular formula is C13H8ClLiO3S. The second-order valence-corrected chi connectivity index (χ2v) is 5.91. The molecule has 0 saturated carbocycles. The van der Waals surface area contributed by atoms with E-state index in [1.165, 1.54) is 6.07 Å². The molecule has 0 amide bonds. The standard InChI is InChI=1S/C13H9ClO3S.Li/c14-12-6-5-10-9-4-2-1-3-8(9)7-11(10)13(12)18(15,16)17;/h1-6H,7H2,(H,15,16,17);/q;+1/p-1. The maximum Gasteiger partial charge on any atom is 1.00 e. The van der Waals surface area contributed by atoms with Gasteiger partial charge in [-0.3, -0.25) is 0 Å². The first-order chi connectivity index (χ1) is 8.48. The fourth-order valence-electron chi connectivity index (χ4n) is 2.43. The molecule has 0 atom stereocenters. The van der Waals surface area contributed by atoms with E-state index in [9.17, 15) is 13.0 Å². The van der Waals surface area contributed by atoms with E-state index in [0.29, 0.717) is 12.0 Å². The van der Waals surface area contributed by atoms with Crippen LogP contribution in [0.15, 0.2) is 41.3 Å². The predicted octanol–water partition coefficient (Wildman–Crippen LogP) is -0.181. The topological polar surface area (TPSA) is 57.2 Å². The molecule has 19 heavy (non-hydrogen) atoms. The normalized spacial score (nSPS) is 12.5. The zero-order valence-corrected chi connectivity index (χ0v) is 11.8. The molecule has 1 aliphatic carbocycles. The summed E-state index contributed by atoms with van der Waals surface area (Å²) in [5.41, 5.74) is 3.27. The Bertz CT molecular complexity index is 756. The van der Waals surface area contributed by atoms with Crippen LogP contribution < -0.4 is 18.9 Å². The van der Waals surface area contributed by atoms with Crippen LogP contribution in [0.5, 0.6) is 0 Å². The van der Waals surface area contributed by atoms with Crippen molar-refractivity contribution in [1.82, 2.24) is 0 Å². The summed E-state index contributed by atoms with van der Waals surface area (Å²) in [4.78, 5) is -0.280. The summed E-state index contributed by atoms with van der Waals surface area (Å²) in [5.74, 6) is 0. The van der Waals surface area contributed by atoms with Crippen molar-refractivity contribution in [1.29, 1.82) is 0 Å². The molecular weight excluding hydrogens is 279 g/mol. The van der Waals surface area contributed by atoms with Crippen molar-refractivity contribution in [3.8, 4) is 11.1 Å². The largest absolute Gasteiger partial charge is 1.00 e. The second kappa shape index (κ2) is 4.97. The maximum atomic E-state index is 11.3. The molecule has 3 nitrogen and oxygen atoms in total. The van der Waals surface area contributed by atoms with E-state index in [4.69, 9.17) is 11.6 Å². The molecule has 0 spiro atoms. The summed E-state index contributed by atoms with van der Waals surface area (Å²) in [6, 6.07) is 10.8. The Morgan fingerprint density at radius 2 is 1.74 bits per heavy atom. The summed E-state index contributed by atoms with van der Waals surface area (Å²) in [5, 5.41) is -0.00319. The van der Waals surface area contributed by atoms with Crippen molar-refractivity contribution in [2.24, 2.45) is 0 Å². The molecule has 1 aliphatic rings. The van der Waals surface area contributed by atoms with Gasteiger partial charge in [-0.05, 0) is 34.7 Å². The number of hydrogen-bond donors (Lipinski definition) is 0. The fourth-order valence-corrected chi connectivity index (χ4v) is 3.68. The molecule has 0 N–H and O–H groups in total. The van der Waals surface area contributed by atoms with Crippen LogP contribution in [0.2, 0.25) is 5.02 Å². The molecule has 0 aliphatic heterocycles. The first kappa shape index (κ1) is 14.6. The zero-order chi connectivity index (χ0) is 12.9. The minimum atomic E-state index is -4.56. The van der Waals surface area contributed by atoms with Gasteiger partial charge in [0.05, 0.1) is 9.92 Å². The van der Waals surface area contributed by atoms with Crippen LogP contribution in [0, 0.1) is 0 Å². The first-order valence-corrected chi connectivity index (χ1v) is 7.12. The van der Waals surface area contributed by atoms with Crippen LogP contribution in [0.3, 0.4) is 0 Å². The third-order valence-corrected chi connectivity index (χ3v) is 4.53. The van der Waals surface area contributed by atoms with Crippen molar-refractivity contribution in [3.05, 3.63) is 52.5 Å². The number of hydrogen-bond acceptors (Lipinski definition) is 3. The molecule has 2 aromatic carbocycles. The monoisotopic (exact) mass is 286 g/mol. The van der Waals surface area contributed by atoms with E-state index in [0.717, 1.165) is 16.7 Å². The average Bonchev–Trinajstić information content (AvgIpc) is 2.64. The Balaban J connectivity index is 0.00000133. The van der Waals surface area contributed by atoms with Crippen molar-refractivity contribution < 1.29 is 31.8 Å². The molecule has 0 aromatic heterocycles. The molecule has 0 unspecified atom stereocenters. The number of halogens is 1. The van der Waals surface area contributed by atoms with Gasteiger partial charge in [-0.15, -0.1) is 0 Å². The van der Waals surface area contributed by atoms with Gasteiger partial charge in [-0.2, -0.15) is 0 Å². The minimum Gasteiger partial charge on any atom is -0.744 e. The molecule has 0 heterocycles. The summed E-state index contributed by atoms with van der Waals surface area (Å²) >= 11 is 5.86. The van der Waals surface area contributed by atoms with Crippen molar-refractivity contribution in [2.45, 2.75) is 11.3 Å². The van der Waals surface area contributed by atoms with Gasteiger partial charge in [0.15, 0.2) is 0 Å². The van der Waals surface area contributed by atoms with Gasteiger partial charge in [0.1, 0.15) is 10.1 Å².